The zero-order valence-corrected chi connectivity index (χ0v) is 9.54. The van der Waals surface area contributed by atoms with E-state index in [1.165, 1.54) is 7.11 Å². The molecule has 1 aliphatic heterocycles. The molecule has 0 radical (unpaired) electrons. The van der Waals surface area contributed by atoms with E-state index in [1.54, 1.807) is 24.3 Å². The number of benzene rings is 1. The average Bonchev–Trinajstić information content (AvgIpc) is 2.67. The quantitative estimate of drug-likeness (QED) is 0.370. The third-order valence-corrected chi connectivity index (χ3v) is 2.56. The van der Waals surface area contributed by atoms with Crippen LogP contribution in [0.25, 0.3) is 5.76 Å². The molecule has 1 saturated heterocycles. The van der Waals surface area contributed by atoms with Crippen LogP contribution in [-0.2, 0) is 14.3 Å². The third kappa shape index (κ3) is 1.88. The molecule has 0 spiro atoms. The Morgan fingerprint density at radius 1 is 1.28 bits per heavy atom. The van der Waals surface area contributed by atoms with Crippen molar-refractivity contribution in [2.45, 2.75) is 6.04 Å². The van der Waals surface area contributed by atoms with Gasteiger partial charge in [-0.15, -0.1) is 4.91 Å². The van der Waals surface area contributed by atoms with E-state index in [1.807, 2.05) is 6.07 Å². The summed E-state index contributed by atoms with van der Waals surface area (Å²) in [5.41, 5.74) is 0.605. The van der Waals surface area contributed by atoms with Crippen LogP contribution < -0.4 is 5.32 Å². The SMILES string of the molecule is COC(=C1NC(=O)C(N=O)C1=O)c1ccccc1. The molecule has 1 heterocycles. The van der Waals surface area contributed by atoms with E-state index in [0.29, 0.717) is 5.56 Å². The average molecular weight is 246 g/mol. The number of ether oxygens (including phenoxy) is 1. The lowest BCUT2D eigenvalue weighted by atomic mass is 10.1. The first-order chi connectivity index (χ1) is 8.69. The molecule has 2 rings (SSSR count). The van der Waals surface area contributed by atoms with Gasteiger partial charge in [-0.2, -0.15) is 0 Å². The number of Topliss-reactive ketones (excluding diaryl/α,β-unsaturated/α-hetero) is 1. The van der Waals surface area contributed by atoms with Crippen LogP contribution in [0.5, 0.6) is 0 Å². The maximum absolute atomic E-state index is 11.8. The lowest BCUT2D eigenvalue weighted by molar-refractivity contribution is -0.123. The summed E-state index contributed by atoms with van der Waals surface area (Å²) in [6.45, 7) is 0. The molecule has 0 aromatic heterocycles. The molecule has 0 bridgehead atoms. The molecule has 1 unspecified atom stereocenters. The molecule has 0 saturated carbocycles. The summed E-state index contributed by atoms with van der Waals surface area (Å²) in [6, 6.07) is 7.29. The molecular formula is C12H10N2O4. The van der Waals surface area contributed by atoms with Gasteiger partial charge >= 0.3 is 0 Å². The fraction of sp³-hybridized carbons (Fsp3) is 0.167. The third-order valence-electron chi connectivity index (χ3n) is 2.56. The number of methoxy groups -OCH3 is 1. The Bertz CT molecular complexity index is 536. The van der Waals surface area contributed by atoms with Crippen molar-refractivity contribution in [3.63, 3.8) is 0 Å². The fourth-order valence-electron chi connectivity index (χ4n) is 1.73. The molecule has 1 aliphatic rings. The number of hydrogen-bond acceptors (Lipinski definition) is 5. The first-order valence-electron chi connectivity index (χ1n) is 5.20. The van der Waals surface area contributed by atoms with Crippen molar-refractivity contribution in [2.75, 3.05) is 7.11 Å². The van der Waals surface area contributed by atoms with Gasteiger partial charge in [0.15, 0.2) is 5.76 Å². The Kier molecular flexibility index (Phi) is 3.18. The predicted octanol–water partition coefficient (Wildman–Crippen LogP) is 0.835. The zero-order valence-electron chi connectivity index (χ0n) is 9.54. The summed E-state index contributed by atoms with van der Waals surface area (Å²) < 4.78 is 5.13. The van der Waals surface area contributed by atoms with Gasteiger partial charge in [-0.3, -0.25) is 9.59 Å². The van der Waals surface area contributed by atoms with Gasteiger partial charge in [-0.25, -0.2) is 0 Å². The second-order valence-electron chi connectivity index (χ2n) is 3.64. The Labute approximate surface area is 103 Å². The standard InChI is InChI=1S/C12H10N2O4/c1-18-11(7-5-3-2-4-6-7)8-10(15)9(14-17)12(16)13-8/h2-6,9H,1H3,(H,13,16). The molecular weight excluding hydrogens is 236 g/mol. The maximum Gasteiger partial charge on any atom is 0.261 e. The molecule has 1 fully saturated rings. The number of carbonyl (C=O) groups is 2. The van der Waals surface area contributed by atoms with Crippen molar-refractivity contribution in [2.24, 2.45) is 5.18 Å². The largest absolute Gasteiger partial charge is 0.494 e. The first-order valence-corrected chi connectivity index (χ1v) is 5.20. The summed E-state index contributed by atoms with van der Waals surface area (Å²) >= 11 is 0. The van der Waals surface area contributed by atoms with Crippen molar-refractivity contribution in [1.29, 1.82) is 0 Å². The van der Waals surface area contributed by atoms with Gasteiger partial charge in [0.2, 0.25) is 11.8 Å². The maximum atomic E-state index is 11.8. The fourth-order valence-corrected chi connectivity index (χ4v) is 1.73. The van der Waals surface area contributed by atoms with Crippen molar-refractivity contribution in [1.82, 2.24) is 5.32 Å². The minimum Gasteiger partial charge on any atom is -0.494 e. The highest BCUT2D eigenvalue weighted by Crippen LogP contribution is 2.23. The lowest BCUT2D eigenvalue weighted by Crippen LogP contribution is -2.22. The van der Waals surface area contributed by atoms with Crippen LogP contribution in [0.15, 0.2) is 41.2 Å². The highest BCUT2D eigenvalue weighted by atomic mass is 16.5. The van der Waals surface area contributed by atoms with Crippen LogP contribution in [0.3, 0.4) is 0 Å². The van der Waals surface area contributed by atoms with Crippen molar-refractivity contribution in [3.05, 3.63) is 46.5 Å². The number of hydrogen-bond donors (Lipinski definition) is 1. The van der Waals surface area contributed by atoms with Crippen LogP contribution >= 0.6 is 0 Å². The van der Waals surface area contributed by atoms with Crippen molar-refractivity contribution in [3.8, 4) is 0 Å². The summed E-state index contributed by atoms with van der Waals surface area (Å²) in [6.07, 6.45) is 0. The van der Waals surface area contributed by atoms with E-state index in [-0.39, 0.29) is 11.5 Å². The molecule has 1 aromatic carbocycles. The van der Waals surface area contributed by atoms with Crippen LogP contribution in [0.2, 0.25) is 0 Å². The van der Waals surface area contributed by atoms with Crippen LogP contribution in [0, 0.1) is 4.91 Å². The Morgan fingerprint density at radius 2 is 1.94 bits per heavy atom. The molecule has 1 aromatic rings. The second-order valence-corrected chi connectivity index (χ2v) is 3.64. The smallest absolute Gasteiger partial charge is 0.261 e. The number of nitroso groups, excluding NO2 is 1. The van der Waals surface area contributed by atoms with E-state index in [2.05, 4.69) is 10.5 Å². The van der Waals surface area contributed by atoms with Crippen LogP contribution in [0.1, 0.15) is 5.56 Å². The number of carbonyl (C=O) groups excluding carboxylic acids is 2. The van der Waals surface area contributed by atoms with E-state index in [4.69, 9.17) is 4.74 Å². The van der Waals surface area contributed by atoms with Crippen LogP contribution in [0.4, 0.5) is 0 Å². The topological polar surface area (TPSA) is 84.8 Å². The van der Waals surface area contributed by atoms with Gasteiger partial charge < -0.3 is 10.1 Å². The molecule has 1 atom stereocenters. The Hall–Kier alpha value is -2.50. The molecule has 0 aliphatic carbocycles. The summed E-state index contributed by atoms with van der Waals surface area (Å²) in [4.78, 5) is 33.6. The van der Waals surface area contributed by atoms with Gasteiger partial charge in [0.05, 0.1) is 7.11 Å². The zero-order chi connectivity index (χ0) is 13.1. The van der Waals surface area contributed by atoms with E-state index in [9.17, 15) is 14.5 Å². The van der Waals surface area contributed by atoms with E-state index < -0.39 is 17.7 Å². The van der Waals surface area contributed by atoms with Crippen LogP contribution in [-0.4, -0.2) is 24.8 Å². The highest BCUT2D eigenvalue weighted by molar-refractivity contribution is 6.23. The van der Waals surface area contributed by atoms with Crippen molar-refractivity contribution < 1.29 is 14.3 Å². The van der Waals surface area contributed by atoms with Gasteiger partial charge in [-0.05, 0) is 5.18 Å². The number of nitrogens with one attached hydrogen (secondary N) is 1. The van der Waals surface area contributed by atoms with Gasteiger partial charge in [0.25, 0.3) is 5.91 Å². The van der Waals surface area contributed by atoms with Crippen molar-refractivity contribution >= 4 is 17.4 Å². The highest BCUT2D eigenvalue weighted by Gasteiger charge is 2.41. The second kappa shape index (κ2) is 4.79. The van der Waals surface area contributed by atoms with E-state index in [0.717, 1.165) is 0 Å². The summed E-state index contributed by atoms with van der Waals surface area (Å²) in [5.74, 6) is -1.17. The molecule has 92 valence electrons. The minimum absolute atomic E-state index is 0.0294. The number of rotatable bonds is 3. The first kappa shape index (κ1) is 12.0. The number of ketones is 1. The predicted molar refractivity (Wildman–Crippen MR) is 63.1 cm³/mol. The van der Waals surface area contributed by atoms with Gasteiger partial charge in [-0.1, -0.05) is 30.3 Å². The molecule has 18 heavy (non-hydrogen) atoms. The monoisotopic (exact) mass is 246 g/mol. The number of nitrogens with zero attached hydrogens (tertiary/aromatic N) is 1. The minimum atomic E-state index is -1.52. The van der Waals surface area contributed by atoms with E-state index >= 15 is 0 Å². The van der Waals surface area contributed by atoms with Gasteiger partial charge in [0.1, 0.15) is 5.70 Å². The Balaban J connectivity index is 2.50. The molecule has 1 N–H and O–H groups in total. The number of amides is 1. The normalized spacial score (nSPS) is 21.5. The van der Waals surface area contributed by atoms with Gasteiger partial charge in [0, 0.05) is 5.56 Å². The molecule has 6 nitrogen and oxygen atoms in total. The summed E-state index contributed by atoms with van der Waals surface area (Å²) in [7, 11) is 1.39. The molecule has 6 heteroatoms. The summed E-state index contributed by atoms with van der Waals surface area (Å²) in [5, 5.41) is 4.84. The lowest BCUT2D eigenvalue weighted by Gasteiger charge is -2.08. The Morgan fingerprint density at radius 3 is 2.44 bits per heavy atom. The molecule has 1 amide bonds.